The standard InChI is InChI=1S/2C5H11.V/c2*1-4-5(2)3;/h2*5H,1,4H2,2-3H3;/q2*-1;+2. The van der Waals surface area contributed by atoms with E-state index in [4.69, 9.17) is 0 Å². The van der Waals surface area contributed by atoms with Gasteiger partial charge in [0.2, 0.25) is 0 Å². The van der Waals surface area contributed by atoms with E-state index in [0.29, 0.717) is 0 Å². The molecule has 0 rings (SSSR count). The maximum Gasteiger partial charge on any atom is 2.00 e. The molecular formula is C10H22V. The average Bonchev–Trinajstić information content (AvgIpc) is 1.89. The van der Waals surface area contributed by atoms with Crippen molar-refractivity contribution in [3.8, 4) is 0 Å². The molecule has 0 heterocycles. The van der Waals surface area contributed by atoms with Crippen LogP contribution in [0.5, 0.6) is 0 Å². The first-order chi connectivity index (χ1) is 4.54. The molecule has 0 bridgehead atoms. The van der Waals surface area contributed by atoms with Gasteiger partial charge < -0.3 is 13.8 Å². The topological polar surface area (TPSA) is 0 Å². The number of rotatable bonds is 2. The second kappa shape index (κ2) is 13.2. The van der Waals surface area contributed by atoms with E-state index >= 15 is 0 Å². The largest absolute Gasteiger partial charge is 2.00 e. The van der Waals surface area contributed by atoms with E-state index < -0.39 is 0 Å². The Morgan fingerprint density at radius 1 is 0.818 bits per heavy atom. The fraction of sp³-hybridized carbons (Fsp3) is 0.800. The van der Waals surface area contributed by atoms with Crippen molar-refractivity contribution in [1.82, 2.24) is 0 Å². The van der Waals surface area contributed by atoms with Crippen molar-refractivity contribution in [2.24, 2.45) is 11.8 Å². The molecule has 0 aromatic rings. The van der Waals surface area contributed by atoms with E-state index in [-0.39, 0.29) is 18.6 Å². The molecule has 0 unspecified atom stereocenters. The van der Waals surface area contributed by atoms with Crippen LogP contribution < -0.4 is 0 Å². The van der Waals surface area contributed by atoms with Gasteiger partial charge in [-0.2, -0.15) is 12.8 Å². The fourth-order valence-electron chi connectivity index (χ4n) is 0. The van der Waals surface area contributed by atoms with Gasteiger partial charge in [0.25, 0.3) is 0 Å². The Kier molecular flexibility index (Phi) is 21.1. The van der Waals surface area contributed by atoms with E-state index in [1.807, 2.05) is 0 Å². The maximum atomic E-state index is 3.69. The van der Waals surface area contributed by atoms with Crippen LogP contribution in [0, 0.1) is 25.7 Å². The number of hydrogen-bond donors (Lipinski definition) is 0. The Hall–Kier alpha value is 0.584. The van der Waals surface area contributed by atoms with Crippen molar-refractivity contribution < 1.29 is 18.6 Å². The normalized spacial score (nSPS) is 8.73. The molecule has 0 saturated carbocycles. The first kappa shape index (κ1) is 17.6. The van der Waals surface area contributed by atoms with Crippen LogP contribution >= 0.6 is 0 Å². The molecule has 0 aromatic carbocycles. The molecule has 1 radical (unpaired) electrons. The van der Waals surface area contributed by atoms with Crippen molar-refractivity contribution >= 4 is 0 Å². The third kappa shape index (κ3) is 37.1. The summed E-state index contributed by atoms with van der Waals surface area (Å²) in [6, 6.07) is 0. The van der Waals surface area contributed by atoms with Crippen molar-refractivity contribution in [3.05, 3.63) is 13.8 Å². The van der Waals surface area contributed by atoms with E-state index in [2.05, 4.69) is 41.5 Å². The molecule has 0 aliphatic rings. The minimum absolute atomic E-state index is 0. The predicted octanol–water partition coefficient (Wildman–Crippen LogP) is 3.73. The first-order valence-corrected chi connectivity index (χ1v) is 4.13. The van der Waals surface area contributed by atoms with Gasteiger partial charge in [-0.25, -0.2) is 0 Å². The average molecular weight is 193 g/mol. The van der Waals surface area contributed by atoms with Crippen LogP contribution in [-0.4, -0.2) is 0 Å². The Labute approximate surface area is 85.0 Å². The summed E-state index contributed by atoms with van der Waals surface area (Å²) in [5.74, 6) is 1.55. The second-order valence-electron chi connectivity index (χ2n) is 3.37. The van der Waals surface area contributed by atoms with Crippen LogP contribution in [0.4, 0.5) is 0 Å². The first-order valence-electron chi connectivity index (χ1n) is 4.13. The molecule has 0 saturated heterocycles. The third-order valence-corrected chi connectivity index (χ3v) is 1.15. The molecule has 0 N–H and O–H groups in total. The fourth-order valence-corrected chi connectivity index (χ4v) is 0. The molecule has 11 heavy (non-hydrogen) atoms. The van der Waals surface area contributed by atoms with Gasteiger partial charge in [0.05, 0.1) is 0 Å². The molecule has 0 atom stereocenters. The summed E-state index contributed by atoms with van der Waals surface area (Å²) in [6.07, 6.45) is 2.11. The number of hydrogen-bond acceptors (Lipinski definition) is 0. The van der Waals surface area contributed by atoms with Crippen LogP contribution in [0.2, 0.25) is 0 Å². The van der Waals surface area contributed by atoms with Crippen LogP contribution in [0.1, 0.15) is 40.5 Å². The smallest absolute Gasteiger partial charge is 0.343 e. The van der Waals surface area contributed by atoms with Gasteiger partial charge in [0, 0.05) is 0 Å². The zero-order valence-corrected chi connectivity index (χ0v) is 9.83. The summed E-state index contributed by atoms with van der Waals surface area (Å²) >= 11 is 0. The minimum atomic E-state index is 0. The second-order valence-corrected chi connectivity index (χ2v) is 3.37. The monoisotopic (exact) mass is 193 g/mol. The van der Waals surface area contributed by atoms with Gasteiger partial charge in [-0.15, -0.1) is 0 Å². The van der Waals surface area contributed by atoms with Gasteiger partial charge in [0.1, 0.15) is 0 Å². The minimum Gasteiger partial charge on any atom is -0.343 e. The van der Waals surface area contributed by atoms with Crippen molar-refractivity contribution in [1.29, 1.82) is 0 Å². The molecule has 0 aromatic heterocycles. The summed E-state index contributed by atoms with van der Waals surface area (Å²) in [4.78, 5) is 0. The summed E-state index contributed by atoms with van der Waals surface area (Å²) < 4.78 is 0. The van der Waals surface area contributed by atoms with Crippen molar-refractivity contribution in [2.45, 2.75) is 40.5 Å². The molecule has 0 spiro atoms. The van der Waals surface area contributed by atoms with Crippen LogP contribution in [0.3, 0.4) is 0 Å². The zero-order valence-electron chi connectivity index (χ0n) is 8.43. The van der Waals surface area contributed by atoms with Crippen LogP contribution in [-0.2, 0) is 18.6 Å². The zero-order chi connectivity index (χ0) is 8.57. The Morgan fingerprint density at radius 3 is 0.909 bits per heavy atom. The summed E-state index contributed by atoms with van der Waals surface area (Å²) in [7, 11) is 0. The van der Waals surface area contributed by atoms with Crippen LogP contribution in [0.25, 0.3) is 0 Å². The molecular weight excluding hydrogens is 171 g/mol. The molecule has 0 aliphatic heterocycles. The SMILES string of the molecule is [CH2-]CC(C)C.[CH2-]CC(C)C.[V+2]. The summed E-state index contributed by atoms with van der Waals surface area (Å²) in [6.45, 7) is 16.0. The Bertz CT molecular complexity index is 40.8. The van der Waals surface area contributed by atoms with Crippen molar-refractivity contribution in [3.63, 3.8) is 0 Å². The predicted molar refractivity (Wildman–Crippen MR) is 49.6 cm³/mol. The van der Waals surface area contributed by atoms with Gasteiger partial charge in [0.15, 0.2) is 0 Å². The molecule has 1 heteroatoms. The quantitative estimate of drug-likeness (QED) is 0.586. The summed E-state index contributed by atoms with van der Waals surface area (Å²) in [5.41, 5.74) is 0. The van der Waals surface area contributed by atoms with E-state index in [1.54, 1.807) is 0 Å². The van der Waals surface area contributed by atoms with Crippen LogP contribution in [0.15, 0.2) is 0 Å². The molecule has 67 valence electrons. The van der Waals surface area contributed by atoms with Gasteiger partial charge in [-0.3, -0.25) is 0 Å². The van der Waals surface area contributed by atoms with E-state index in [1.165, 1.54) is 0 Å². The molecule has 0 nitrogen and oxygen atoms in total. The van der Waals surface area contributed by atoms with E-state index in [0.717, 1.165) is 24.7 Å². The Balaban J connectivity index is -0.000000107. The molecule has 0 fully saturated rings. The van der Waals surface area contributed by atoms with Crippen molar-refractivity contribution in [2.75, 3.05) is 0 Å². The van der Waals surface area contributed by atoms with Gasteiger partial charge >= 0.3 is 18.6 Å². The molecule has 0 aliphatic carbocycles. The van der Waals surface area contributed by atoms with Gasteiger partial charge in [-0.1, -0.05) is 39.5 Å². The molecule has 0 amide bonds. The Morgan fingerprint density at radius 2 is 0.909 bits per heavy atom. The summed E-state index contributed by atoms with van der Waals surface area (Å²) in [5, 5.41) is 0. The van der Waals surface area contributed by atoms with E-state index in [9.17, 15) is 0 Å². The third-order valence-electron chi connectivity index (χ3n) is 1.15. The van der Waals surface area contributed by atoms with Gasteiger partial charge in [-0.05, 0) is 0 Å². The maximum absolute atomic E-state index is 3.69.